The fourth-order valence-electron chi connectivity index (χ4n) is 3.20. The average Bonchev–Trinajstić information content (AvgIpc) is 2.65. The van der Waals surface area contributed by atoms with Gasteiger partial charge in [-0.05, 0) is 38.1 Å². The molecule has 1 fully saturated rings. The van der Waals surface area contributed by atoms with Crippen molar-refractivity contribution >= 4 is 28.3 Å². The Morgan fingerprint density at radius 1 is 1.19 bits per heavy atom. The number of likely N-dealkylation sites (N-methyl/N-ethyl adjacent to an activating group) is 2. The Morgan fingerprint density at radius 3 is 2.46 bits per heavy atom. The Labute approximate surface area is 163 Å². The predicted octanol–water partition coefficient (Wildman–Crippen LogP) is 2.35. The lowest BCUT2D eigenvalue weighted by molar-refractivity contribution is 0.0796. The second kappa shape index (κ2) is 10.3. The third-order valence-corrected chi connectivity index (χ3v) is 6.80. The molecule has 8 heteroatoms. The Bertz CT molecular complexity index is 691. The monoisotopic (exact) mass is 403 g/mol. The standard InChI is InChI=1S/C18H29N3O3S.ClH/c1-19-12-13-20(2)18(22)15-8-7-11-17(14-15)25(23,24)21(3)16-9-5-4-6-10-16;/h7-8,11,14,16,19H,4-6,9-10,12-13H2,1-3H3;1H. The van der Waals surface area contributed by atoms with Crippen LogP contribution in [0.4, 0.5) is 0 Å². The summed E-state index contributed by atoms with van der Waals surface area (Å²) in [6.45, 7) is 1.25. The molecule has 26 heavy (non-hydrogen) atoms. The SMILES string of the molecule is CNCCN(C)C(=O)c1cccc(S(=O)(=O)N(C)C2CCCCC2)c1.Cl. The van der Waals surface area contributed by atoms with E-state index in [1.165, 1.54) is 16.8 Å². The van der Waals surface area contributed by atoms with E-state index in [2.05, 4.69) is 5.32 Å². The first kappa shape index (κ1) is 22.9. The molecule has 0 aliphatic heterocycles. The molecule has 1 N–H and O–H groups in total. The van der Waals surface area contributed by atoms with Crippen molar-refractivity contribution in [2.75, 3.05) is 34.2 Å². The van der Waals surface area contributed by atoms with Gasteiger partial charge >= 0.3 is 0 Å². The predicted molar refractivity (Wildman–Crippen MR) is 106 cm³/mol. The van der Waals surface area contributed by atoms with Gasteiger partial charge in [-0.2, -0.15) is 4.31 Å². The first-order chi connectivity index (χ1) is 11.9. The minimum Gasteiger partial charge on any atom is -0.340 e. The van der Waals surface area contributed by atoms with Gasteiger partial charge in [-0.15, -0.1) is 12.4 Å². The Balaban J connectivity index is 0.00000338. The highest BCUT2D eigenvalue weighted by atomic mass is 35.5. The highest BCUT2D eigenvalue weighted by molar-refractivity contribution is 7.89. The molecule has 1 aromatic carbocycles. The zero-order valence-electron chi connectivity index (χ0n) is 15.8. The average molecular weight is 404 g/mol. The van der Waals surface area contributed by atoms with Crippen molar-refractivity contribution in [2.24, 2.45) is 0 Å². The Morgan fingerprint density at radius 2 is 1.85 bits per heavy atom. The Kier molecular flexibility index (Phi) is 9.03. The van der Waals surface area contributed by atoms with E-state index in [4.69, 9.17) is 0 Å². The summed E-state index contributed by atoms with van der Waals surface area (Å²) in [5.74, 6) is -0.174. The van der Waals surface area contributed by atoms with Gasteiger partial charge in [-0.1, -0.05) is 25.3 Å². The number of carbonyl (C=O) groups excluding carboxylic acids is 1. The number of benzene rings is 1. The maximum Gasteiger partial charge on any atom is 0.253 e. The van der Waals surface area contributed by atoms with E-state index in [0.29, 0.717) is 18.7 Å². The van der Waals surface area contributed by atoms with E-state index < -0.39 is 10.0 Å². The van der Waals surface area contributed by atoms with E-state index in [9.17, 15) is 13.2 Å². The number of hydrogen-bond acceptors (Lipinski definition) is 4. The van der Waals surface area contributed by atoms with Crippen molar-refractivity contribution in [2.45, 2.75) is 43.0 Å². The fraction of sp³-hybridized carbons (Fsp3) is 0.611. The zero-order chi connectivity index (χ0) is 18.4. The van der Waals surface area contributed by atoms with Gasteiger partial charge in [-0.25, -0.2) is 8.42 Å². The maximum absolute atomic E-state index is 12.9. The molecule has 0 spiro atoms. The highest BCUT2D eigenvalue weighted by Gasteiger charge is 2.29. The van der Waals surface area contributed by atoms with Gasteiger partial charge in [-0.3, -0.25) is 4.79 Å². The van der Waals surface area contributed by atoms with Gasteiger partial charge in [0.05, 0.1) is 4.90 Å². The molecular weight excluding hydrogens is 374 g/mol. The molecule has 1 amide bonds. The summed E-state index contributed by atoms with van der Waals surface area (Å²) in [6.07, 6.45) is 5.12. The summed E-state index contributed by atoms with van der Waals surface area (Å²) in [7, 11) is 1.61. The summed E-state index contributed by atoms with van der Waals surface area (Å²) >= 11 is 0. The van der Waals surface area contributed by atoms with Gasteiger partial charge in [0, 0.05) is 38.8 Å². The minimum atomic E-state index is -3.59. The number of hydrogen-bond donors (Lipinski definition) is 1. The molecule has 0 heterocycles. The molecule has 0 unspecified atom stereocenters. The second-order valence-electron chi connectivity index (χ2n) is 6.67. The third kappa shape index (κ3) is 5.42. The van der Waals surface area contributed by atoms with Crippen molar-refractivity contribution in [1.82, 2.24) is 14.5 Å². The van der Waals surface area contributed by atoms with E-state index in [-0.39, 0.29) is 29.3 Å². The van der Waals surface area contributed by atoms with Crippen LogP contribution in [0.5, 0.6) is 0 Å². The molecule has 0 aromatic heterocycles. The summed E-state index contributed by atoms with van der Waals surface area (Å²) in [4.78, 5) is 14.3. The zero-order valence-corrected chi connectivity index (χ0v) is 17.4. The van der Waals surface area contributed by atoms with Crippen LogP contribution in [0.2, 0.25) is 0 Å². The van der Waals surface area contributed by atoms with Crippen molar-refractivity contribution in [3.63, 3.8) is 0 Å². The number of halogens is 1. The molecule has 148 valence electrons. The number of amides is 1. The van der Waals surface area contributed by atoms with E-state index >= 15 is 0 Å². The minimum absolute atomic E-state index is 0. The molecule has 0 saturated heterocycles. The van der Waals surface area contributed by atoms with Gasteiger partial charge in [0.1, 0.15) is 0 Å². The number of nitrogens with zero attached hydrogens (tertiary/aromatic N) is 2. The van der Waals surface area contributed by atoms with Crippen molar-refractivity contribution in [3.05, 3.63) is 29.8 Å². The van der Waals surface area contributed by atoms with Crippen LogP contribution < -0.4 is 5.32 Å². The number of nitrogens with one attached hydrogen (secondary N) is 1. The molecule has 1 aliphatic rings. The molecule has 6 nitrogen and oxygen atoms in total. The van der Waals surface area contributed by atoms with Gasteiger partial charge in [0.2, 0.25) is 10.0 Å². The smallest absolute Gasteiger partial charge is 0.253 e. The lowest BCUT2D eigenvalue weighted by Gasteiger charge is -2.30. The first-order valence-electron chi connectivity index (χ1n) is 8.86. The molecule has 0 atom stereocenters. The summed E-state index contributed by atoms with van der Waals surface area (Å²) in [5, 5.41) is 3.00. The van der Waals surface area contributed by atoms with Crippen LogP contribution in [0.3, 0.4) is 0 Å². The molecule has 1 aliphatic carbocycles. The van der Waals surface area contributed by atoms with Crippen LogP contribution >= 0.6 is 12.4 Å². The van der Waals surface area contributed by atoms with Crippen LogP contribution in [0.15, 0.2) is 29.2 Å². The molecule has 2 rings (SSSR count). The van der Waals surface area contributed by atoms with Gasteiger partial charge < -0.3 is 10.2 Å². The number of rotatable bonds is 7. The van der Waals surface area contributed by atoms with Crippen LogP contribution in [-0.2, 0) is 10.0 Å². The van der Waals surface area contributed by atoms with E-state index in [0.717, 1.165) is 25.7 Å². The lowest BCUT2D eigenvalue weighted by atomic mass is 9.96. The van der Waals surface area contributed by atoms with Crippen LogP contribution in [-0.4, -0.2) is 63.8 Å². The lowest BCUT2D eigenvalue weighted by Crippen LogP contribution is -2.38. The van der Waals surface area contributed by atoms with Crippen LogP contribution in [0.1, 0.15) is 42.5 Å². The van der Waals surface area contributed by atoms with E-state index in [1.807, 2.05) is 7.05 Å². The van der Waals surface area contributed by atoms with Crippen LogP contribution in [0.25, 0.3) is 0 Å². The molecular formula is C18H30ClN3O3S. The molecule has 0 bridgehead atoms. The van der Waals surface area contributed by atoms with Gasteiger partial charge in [0.15, 0.2) is 0 Å². The number of sulfonamides is 1. The Hall–Kier alpha value is -1.15. The van der Waals surface area contributed by atoms with Crippen molar-refractivity contribution < 1.29 is 13.2 Å². The normalized spacial score (nSPS) is 15.5. The fourth-order valence-corrected chi connectivity index (χ4v) is 4.66. The highest BCUT2D eigenvalue weighted by Crippen LogP contribution is 2.26. The third-order valence-electron chi connectivity index (χ3n) is 4.89. The summed E-state index contributed by atoms with van der Waals surface area (Å²) < 4.78 is 27.4. The van der Waals surface area contributed by atoms with Crippen molar-refractivity contribution in [3.8, 4) is 0 Å². The molecule has 1 saturated carbocycles. The largest absolute Gasteiger partial charge is 0.340 e. The quantitative estimate of drug-likeness (QED) is 0.758. The van der Waals surface area contributed by atoms with Gasteiger partial charge in [0.25, 0.3) is 5.91 Å². The number of carbonyl (C=O) groups is 1. The summed E-state index contributed by atoms with van der Waals surface area (Å²) in [6, 6.07) is 6.42. The molecule has 0 radical (unpaired) electrons. The summed E-state index contributed by atoms with van der Waals surface area (Å²) in [5.41, 5.74) is 0.400. The second-order valence-corrected chi connectivity index (χ2v) is 8.67. The topological polar surface area (TPSA) is 69.7 Å². The van der Waals surface area contributed by atoms with Crippen LogP contribution in [0, 0.1) is 0 Å². The first-order valence-corrected chi connectivity index (χ1v) is 10.3. The molecule has 1 aromatic rings. The van der Waals surface area contributed by atoms with Crippen molar-refractivity contribution in [1.29, 1.82) is 0 Å². The maximum atomic E-state index is 12.9. The van der Waals surface area contributed by atoms with E-state index in [1.54, 1.807) is 37.2 Å².